The largest absolute Gasteiger partial charge is 0.497 e. The zero-order valence-corrected chi connectivity index (χ0v) is 16.6. The molecule has 3 aromatic heterocycles. The minimum absolute atomic E-state index is 0.302. The third kappa shape index (κ3) is 3.64. The highest BCUT2D eigenvalue weighted by atomic mass is 35.5. The highest BCUT2D eigenvalue weighted by Gasteiger charge is 2.20. The topological polar surface area (TPSA) is 81.9 Å². The van der Waals surface area contributed by atoms with Gasteiger partial charge in [-0.1, -0.05) is 23.7 Å². The SMILES string of the molecule is COc1cccc(-n2nc(C)c3c(Cl)c(C(=O)NCc4cccnc4)cnc32)c1. The smallest absolute Gasteiger partial charge is 0.254 e. The van der Waals surface area contributed by atoms with Gasteiger partial charge in [0.25, 0.3) is 5.91 Å². The number of fused-ring (bicyclic) bond motifs is 1. The number of rotatable bonds is 5. The van der Waals surface area contributed by atoms with Gasteiger partial charge < -0.3 is 10.1 Å². The van der Waals surface area contributed by atoms with Crippen LogP contribution in [0.3, 0.4) is 0 Å². The van der Waals surface area contributed by atoms with Crippen molar-refractivity contribution in [1.82, 2.24) is 25.1 Å². The Balaban J connectivity index is 1.69. The Kier molecular flexibility index (Phi) is 5.14. The van der Waals surface area contributed by atoms with Crippen molar-refractivity contribution in [3.05, 3.63) is 76.8 Å². The van der Waals surface area contributed by atoms with Crippen LogP contribution in [-0.4, -0.2) is 32.8 Å². The summed E-state index contributed by atoms with van der Waals surface area (Å²) in [4.78, 5) is 21.2. The van der Waals surface area contributed by atoms with E-state index < -0.39 is 0 Å². The molecule has 1 N–H and O–H groups in total. The zero-order chi connectivity index (χ0) is 20.4. The number of benzene rings is 1. The molecule has 0 aliphatic heterocycles. The molecular formula is C21H18ClN5O2. The molecule has 3 heterocycles. The van der Waals surface area contributed by atoms with Gasteiger partial charge in [-0.15, -0.1) is 0 Å². The van der Waals surface area contributed by atoms with Crippen molar-refractivity contribution in [3.63, 3.8) is 0 Å². The molecule has 0 unspecified atom stereocenters. The van der Waals surface area contributed by atoms with E-state index in [0.717, 1.165) is 11.3 Å². The van der Waals surface area contributed by atoms with E-state index in [4.69, 9.17) is 16.3 Å². The Morgan fingerprint density at radius 1 is 1.24 bits per heavy atom. The fraction of sp³-hybridized carbons (Fsp3) is 0.143. The van der Waals surface area contributed by atoms with Crippen molar-refractivity contribution in [2.75, 3.05) is 7.11 Å². The van der Waals surface area contributed by atoms with Crippen molar-refractivity contribution in [1.29, 1.82) is 0 Å². The molecule has 29 heavy (non-hydrogen) atoms. The van der Waals surface area contributed by atoms with Crippen LogP contribution < -0.4 is 10.1 Å². The number of methoxy groups -OCH3 is 1. The van der Waals surface area contributed by atoms with E-state index in [1.165, 1.54) is 6.20 Å². The average Bonchev–Trinajstić information content (AvgIpc) is 3.10. The third-order valence-electron chi connectivity index (χ3n) is 4.53. The standard InChI is InChI=1S/C21H18ClN5O2/c1-13-18-19(22)17(21(28)25-11-14-5-4-8-23-10-14)12-24-20(18)27(26-13)15-6-3-7-16(9-15)29-2/h3-10,12H,11H2,1-2H3,(H,25,28). The van der Waals surface area contributed by atoms with Crippen LogP contribution in [0.15, 0.2) is 55.0 Å². The van der Waals surface area contributed by atoms with Gasteiger partial charge in [-0.2, -0.15) is 5.10 Å². The van der Waals surface area contributed by atoms with Crippen LogP contribution >= 0.6 is 11.6 Å². The molecular weight excluding hydrogens is 390 g/mol. The van der Waals surface area contributed by atoms with E-state index in [1.54, 1.807) is 24.2 Å². The number of nitrogens with one attached hydrogen (secondary N) is 1. The van der Waals surface area contributed by atoms with Gasteiger partial charge in [-0.25, -0.2) is 9.67 Å². The van der Waals surface area contributed by atoms with Crippen LogP contribution in [0.5, 0.6) is 5.75 Å². The molecule has 146 valence electrons. The van der Waals surface area contributed by atoms with E-state index in [-0.39, 0.29) is 5.91 Å². The molecule has 0 fully saturated rings. The van der Waals surface area contributed by atoms with Crippen molar-refractivity contribution >= 4 is 28.5 Å². The zero-order valence-electron chi connectivity index (χ0n) is 15.9. The fourth-order valence-corrected chi connectivity index (χ4v) is 3.43. The van der Waals surface area contributed by atoms with Gasteiger partial charge in [0.05, 0.1) is 34.5 Å². The number of pyridine rings is 2. The predicted molar refractivity (Wildman–Crippen MR) is 111 cm³/mol. The fourth-order valence-electron chi connectivity index (χ4n) is 3.07. The van der Waals surface area contributed by atoms with Crippen molar-refractivity contribution in [2.45, 2.75) is 13.5 Å². The normalized spacial score (nSPS) is 10.9. The number of aryl methyl sites for hydroxylation is 1. The van der Waals surface area contributed by atoms with Gasteiger partial charge in [0.1, 0.15) is 5.75 Å². The minimum atomic E-state index is -0.304. The Hall–Kier alpha value is -3.45. The average molecular weight is 408 g/mol. The summed E-state index contributed by atoms with van der Waals surface area (Å²) in [6.45, 7) is 2.19. The molecule has 0 spiro atoms. The van der Waals surface area contributed by atoms with Crippen molar-refractivity contribution < 1.29 is 9.53 Å². The van der Waals surface area contributed by atoms with E-state index in [0.29, 0.717) is 39.6 Å². The molecule has 8 heteroatoms. The van der Waals surface area contributed by atoms with Gasteiger partial charge in [0.15, 0.2) is 5.65 Å². The number of carbonyl (C=O) groups excluding carboxylic acids is 1. The molecule has 0 aliphatic carbocycles. The molecule has 0 atom stereocenters. The van der Waals surface area contributed by atoms with Gasteiger partial charge in [0.2, 0.25) is 0 Å². The van der Waals surface area contributed by atoms with Gasteiger partial charge >= 0.3 is 0 Å². The summed E-state index contributed by atoms with van der Waals surface area (Å²) in [5.74, 6) is 0.406. The van der Waals surface area contributed by atoms with Crippen LogP contribution in [0, 0.1) is 6.92 Å². The van der Waals surface area contributed by atoms with E-state index in [2.05, 4.69) is 20.4 Å². The summed E-state index contributed by atoms with van der Waals surface area (Å²) in [6.07, 6.45) is 4.86. The summed E-state index contributed by atoms with van der Waals surface area (Å²) in [5.41, 5.74) is 3.25. The molecule has 1 aromatic carbocycles. The second kappa shape index (κ2) is 7.89. The quantitative estimate of drug-likeness (QED) is 0.545. The van der Waals surface area contributed by atoms with Gasteiger partial charge in [0, 0.05) is 31.2 Å². The molecule has 1 amide bonds. The first-order valence-corrected chi connectivity index (χ1v) is 9.31. The van der Waals surface area contributed by atoms with Gasteiger partial charge in [-0.05, 0) is 30.7 Å². The Morgan fingerprint density at radius 3 is 2.86 bits per heavy atom. The van der Waals surface area contributed by atoms with E-state index in [9.17, 15) is 4.79 Å². The lowest BCUT2D eigenvalue weighted by Crippen LogP contribution is -2.23. The van der Waals surface area contributed by atoms with Gasteiger partial charge in [-0.3, -0.25) is 9.78 Å². The Bertz CT molecular complexity index is 1190. The van der Waals surface area contributed by atoms with Crippen LogP contribution in [0.25, 0.3) is 16.7 Å². The highest BCUT2D eigenvalue weighted by Crippen LogP contribution is 2.30. The lowest BCUT2D eigenvalue weighted by Gasteiger charge is -2.08. The Morgan fingerprint density at radius 2 is 2.10 bits per heavy atom. The second-order valence-electron chi connectivity index (χ2n) is 6.43. The Labute approximate surface area is 172 Å². The van der Waals surface area contributed by atoms with Crippen LogP contribution in [0.4, 0.5) is 0 Å². The molecule has 0 radical (unpaired) electrons. The summed E-state index contributed by atoms with van der Waals surface area (Å²) in [7, 11) is 1.61. The number of amides is 1. The van der Waals surface area contributed by atoms with Crippen molar-refractivity contribution in [2.24, 2.45) is 0 Å². The monoisotopic (exact) mass is 407 g/mol. The minimum Gasteiger partial charge on any atom is -0.497 e. The summed E-state index contributed by atoms with van der Waals surface area (Å²) >= 11 is 6.59. The number of ether oxygens (including phenoxy) is 1. The molecule has 0 bridgehead atoms. The first kappa shape index (κ1) is 18.9. The summed E-state index contributed by atoms with van der Waals surface area (Å²) < 4.78 is 6.98. The molecule has 0 aliphatic rings. The number of carbonyl (C=O) groups is 1. The molecule has 0 saturated heterocycles. The second-order valence-corrected chi connectivity index (χ2v) is 6.81. The van der Waals surface area contributed by atoms with E-state index >= 15 is 0 Å². The maximum absolute atomic E-state index is 12.7. The predicted octanol–water partition coefficient (Wildman–Crippen LogP) is 3.72. The summed E-state index contributed by atoms with van der Waals surface area (Å²) in [5, 5.41) is 8.38. The maximum Gasteiger partial charge on any atom is 0.254 e. The molecule has 4 rings (SSSR count). The summed E-state index contributed by atoms with van der Waals surface area (Å²) in [6, 6.07) is 11.2. The van der Waals surface area contributed by atoms with Crippen LogP contribution in [0.1, 0.15) is 21.6 Å². The highest BCUT2D eigenvalue weighted by molar-refractivity contribution is 6.38. The molecule has 4 aromatic rings. The van der Waals surface area contributed by atoms with E-state index in [1.807, 2.05) is 43.3 Å². The third-order valence-corrected chi connectivity index (χ3v) is 4.92. The number of hydrogen-bond acceptors (Lipinski definition) is 5. The number of aromatic nitrogens is 4. The van der Waals surface area contributed by atoms with Crippen LogP contribution in [-0.2, 0) is 6.54 Å². The first-order valence-electron chi connectivity index (χ1n) is 8.94. The number of nitrogens with zero attached hydrogens (tertiary/aromatic N) is 4. The first-order chi connectivity index (χ1) is 14.1. The lowest BCUT2D eigenvalue weighted by molar-refractivity contribution is 0.0951. The molecule has 0 saturated carbocycles. The van der Waals surface area contributed by atoms with Crippen molar-refractivity contribution in [3.8, 4) is 11.4 Å². The lowest BCUT2D eigenvalue weighted by atomic mass is 10.2. The van der Waals surface area contributed by atoms with Crippen LogP contribution in [0.2, 0.25) is 5.02 Å². The maximum atomic E-state index is 12.7. The number of hydrogen-bond donors (Lipinski definition) is 1. The molecule has 7 nitrogen and oxygen atoms in total. The number of halogens is 1.